The van der Waals surface area contributed by atoms with Gasteiger partial charge in [0.1, 0.15) is 5.82 Å². The molecule has 1 N–H and O–H groups in total. The number of H-pyrrole nitrogens is 1. The highest BCUT2D eigenvalue weighted by atomic mass is 19.1. The van der Waals surface area contributed by atoms with E-state index in [1.807, 2.05) is 23.2 Å². The first kappa shape index (κ1) is 13.7. The maximum Gasteiger partial charge on any atom is 0.228 e. The molecule has 4 nitrogen and oxygen atoms in total. The van der Waals surface area contributed by atoms with Crippen LogP contribution in [0.4, 0.5) is 10.1 Å². The monoisotopic (exact) mass is 287 g/mol. The maximum absolute atomic E-state index is 12.9. The van der Waals surface area contributed by atoms with Crippen LogP contribution in [0.15, 0.2) is 42.6 Å². The number of anilines is 1. The standard InChI is InChI=1S/C16H18FN3O/c17-13-3-5-15(6-4-13)19-8-10-20(11-9-19)16(21)12-14-2-1-7-18-14/h1-7,18H,8-12H2. The van der Waals surface area contributed by atoms with E-state index in [0.717, 1.165) is 24.5 Å². The highest BCUT2D eigenvalue weighted by molar-refractivity contribution is 5.78. The number of rotatable bonds is 3. The highest BCUT2D eigenvalue weighted by Gasteiger charge is 2.21. The van der Waals surface area contributed by atoms with Gasteiger partial charge in [-0.15, -0.1) is 0 Å². The fraction of sp³-hybridized carbons (Fsp3) is 0.312. The Hall–Kier alpha value is -2.30. The zero-order valence-corrected chi connectivity index (χ0v) is 11.8. The molecular formula is C16H18FN3O. The van der Waals surface area contributed by atoms with Crippen LogP contribution in [-0.2, 0) is 11.2 Å². The Kier molecular flexibility index (Phi) is 3.90. The first-order valence-corrected chi connectivity index (χ1v) is 7.13. The van der Waals surface area contributed by atoms with E-state index in [0.29, 0.717) is 19.5 Å². The van der Waals surface area contributed by atoms with Gasteiger partial charge in [0.2, 0.25) is 5.91 Å². The molecule has 2 aromatic rings. The number of nitrogens with one attached hydrogen (secondary N) is 1. The molecule has 1 aromatic carbocycles. The van der Waals surface area contributed by atoms with Crippen LogP contribution in [0.5, 0.6) is 0 Å². The molecule has 1 aliphatic heterocycles. The molecule has 110 valence electrons. The summed E-state index contributed by atoms with van der Waals surface area (Å²) in [5.41, 5.74) is 1.95. The van der Waals surface area contributed by atoms with Gasteiger partial charge in [-0.05, 0) is 36.4 Å². The lowest BCUT2D eigenvalue weighted by Crippen LogP contribution is -2.49. The number of halogens is 1. The van der Waals surface area contributed by atoms with Crippen molar-refractivity contribution in [2.75, 3.05) is 31.1 Å². The Morgan fingerprint density at radius 3 is 2.43 bits per heavy atom. The largest absolute Gasteiger partial charge is 0.368 e. The van der Waals surface area contributed by atoms with Gasteiger partial charge in [0, 0.05) is 43.8 Å². The highest BCUT2D eigenvalue weighted by Crippen LogP contribution is 2.17. The quantitative estimate of drug-likeness (QED) is 0.938. The van der Waals surface area contributed by atoms with E-state index in [4.69, 9.17) is 0 Å². The maximum atomic E-state index is 12.9. The minimum Gasteiger partial charge on any atom is -0.368 e. The third kappa shape index (κ3) is 3.24. The van der Waals surface area contributed by atoms with E-state index in [1.165, 1.54) is 12.1 Å². The number of piperazine rings is 1. The van der Waals surface area contributed by atoms with Gasteiger partial charge in [-0.1, -0.05) is 0 Å². The molecule has 2 heterocycles. The summed E-state index contributed by atoms with van der Waals surface area (Å²) in [7, 11) is 0. The van der Waals surface area contributed by atoms with Gasteiger partial charge in [0.05, 0.1) is 6.42 Å². The van der Waals surface area contributed by atoms with Gasteiger partial charge >= 0.3 is 0 Å². The minimum atomic E-state index is -0.224. The van der Waals surface area contributed by atoms with Crippen molar-refractivity contribution in [2.24, 2.45) is 0 Å². The van der Waals surface area contributed by atoms with Crippen molar-refractivity contribution in [2.45, 2.75) is 6.42 Å². The van der Waals surface area contributed by atoms with Crippen LogP contribution in [0.2, 0.25) is 0 Å². The van der Waals surface area contributed by atoms with Crippen molar-refractivity contribution < 1.29 is 9.18 Å². The van der Waals surface area contributed by atoms with Crippen molar-refractivity contribution in [1.82, 2.24) is 9.88 Å². The van der Waals surface area contributed by atoms with E-state index in [-0.39, 0.29) is 11.7 Å². The first-order valence-electron chi connectivity index (χ1n) is 7.13. The van der Waals surface area contributed by atoms with Gasteiger partial charge in [0.25, 0.3) is 0 Å². The normalized spacial score (nSPS) is 15.3. The number of nitrogens with zero attached hydrogens (tertiary/aromatic N) is 2. The van der Waals surface area contributed by atoms with Gasteiger partial charge in [-0.2, -0.15) is 0 Å². The predicted molar refractivity (Wildman–Crippen MR) is 79.7 cm³/mol. The van der Waals surface area contributed by atoms with Gasteiger partial charge in [0.15, 0.2) is 0 Å². The number of benzene rings is 1. The summed E-state index contributed by atoms with van der Waals surface area (Å²) in [6.45, 7) is 2.97. The number of carbonyl (C=O) groups excluding carboxylic acids is 1. The van der Waals surface area contributed by atoms with E-state index in [9.17, 15) is 9.18 Å². The van der Waals surface area contributed by atoms with Crippen LogP contribution < -0.4 is 4.90 Å². The molecular weight excluding hydrogens is 269 g/mol. The molecule has 0 atom stereocenters. The van der Waals surface area contributed by atoms with E-state index in [2.05, 4.69) is 9.88 Å². The lowest BCUT2D eigenvalue weighted by Gasteiger charge is -2.36. The molecule has 3 rings (SSSR count). The minimum absolute atomic E-state index is 0.149. The third-order valence-corrected chi connectivity index (χ3v) is 3.83. The first-order chi connectivity index (χ1) is 10.2. The Bertz CT molecular complexity index is 586. The van der Waals surface area contributed by atoms with Crippen LogP contribution in [0.25, 0.3) is 0 Å². The molecule has 0 unspecified atom stereocenters. The van der Waals surface area contributed by atoms with Gasteiger partial charge in [-0.3, -0.25) is 4.79 Å². The number of hydrogen-bond acceptors (Lipinski definition) is 2. The Balaban J connectivity index is 1.55. The SMILES string of the molecule is O=C(Cc1ccc[nH]1)N1CCN(c2ccc(F)cc2)CC1. The summed E-state index contributed by atoms with van der Waals surface area (Å²) in [5.74, 6) is -0.0743. The molecule has 21 heavy (non-hydrogen) atoms. The molecule has 0 spiro atoms. The van der Waals surface area contributed by atoms with Crippen LogP contribution in [0.3, 0.4) is 0 Å². The van der Waals surface area contributed by atoms with Crippen LogP contribution in [0.1, 0.15) is 5.69 Å². The lowest BCUT2D eigenvalue weighted by atomic mass is 10.2. The van der Waals surface area contributed by atoms with Crippen LogP contribution in [0, 0.1) is 5.82 Å². The molecule has 0 radical (unpaired) electrons. The van der Waals surface area contributed by atoms with Crippen molar-refractivity contribution in [3.8, 4) is 0 Å². The summed E-state index contributed by atoms with van der Waals surface area (Å²) in [6.07, 6.45) is 2.25. The summed E-state index contributed by atoms with van der Waals surface area (Å²) >= 11 is 0. The number of aromatic amines is 1. The zero-order valence-electron chi connectivity index (χ0n) is 11.8. The summed E-state index contributed by atoms with van der Waals surface area (Å²) < 4.78 is 12.9. The predicted octanol–water partition coefficient (Wildman–Crippen LogP) is 2.05. The van der Waals surface area contributed by atoms with Crippen molar-refractivity contribution in [1.29, 1.82) is 0 Å². The zero-order chi connectivity index (χ0) is 14.7. The summed E-state index contributed by atoms with van der Waals surface area (Å²) in [5, 5.41) is 0. The van der Waals surface area contributed by atoms with Crippen LogP contribution >= 0.6 is 0 Å². The Morgan fingerprint density at radius 2 is 1.81 bits per heavy atom. The molecule has 1 fully saturated rings. The molecule has 1 aliphatic rings. The van der Waals surface area contributed by atoms with Crippen LogP contribution in [-0.4, -0.2) is 42.0 Å². The molecule has 1 aromatic heterocycles. The summed E-state index contributed by atoms with van der Waals surface area (Å²) in [4.78, 5) is 19.3. The van der Waals surface area contributed by atoms with Gasteiger partial charge < -0.3 is 14.8 Å². The fourth-order valence-corrected chi connectivity index (χ4v) is 2.62. The third-order valence-electron chi connectivity index (χ3n) is 3.83. The average molecular weight is 287 g/mol. The van der Waals surface area contributed by atoms with E-state index < -0.39 is 0 Å². The Labute approximate surface area is 123 Å². The number of aromatic nitrogens is 1. The number of hydrogen-bond donors (Lipinski definition) is 1. The smallest absolute Gasteiger partial charge is 0.228 e. The lowest BCUT2D eigenvalue weighted by molar-refractivity contribution is -0.130. The molecule has 0 bridgehead atoms. The van der Waals surface area contributed by atoms with E-state index in [1.54, 1.807) is 12.1 Å². The summed E-state index contributed by atoms with van der Waals surface area (Å²) in [6, 6.07) is 10.3. The second kappa shape index (κ2) is 5.99. The number of amides is 1. The average Bonchev–Trinajstić information content (AvgIpc) is 3.01. The second-order valence-corrected chi connectivity index (χ2v) is 5.22. The molecule has 1 amide bonds. The van der Waals surface area contributed by atoms with E-state index >= 15 is 0 Å². The number of carbonyl (C=O) groups is 1. The second-order valence-electron chi connectivity index (χ2n) is 5.22. The van der Waals surface area contributed by atoms with Crippen molar-refractivity contribution in [3.05, 3.63) is 54.1 Å². The Morgan fingerprint density at radius 1 is 1.10 bits per heavy atom. The van der Waals surface area contributed by atoms with Gasteiger partial charge in [-0.25, -0.2) is 4.39 Å². The topological polar surface area (TPSA) is 39.3 Å². The van der Waals surface area contributed by atoms with Crippen molar-refractivity contribution >= 4 is 11.6 Å². The molecule has 5 heteroatoms. The molecule has 0 aliphatic carbocycles. The van der Waals surface area contributed by atoms with Crippen molar-refractivity contribution in [3.63, 3.8) is 0 Å². The molecule has 0 saturated carbocycles. The molecule has 1 saturated heterocycles. The fourth-order valence-electron chi connectivity index (χ4n) is 2.62.